The Kier molecular flexibility index (Phi) is 8.83. The van der Waals surface area contributed by atoms with Crippen LogP contribution in [-0.2, 0) is 11.2 Å². The van der Waals surface area contributed by atoms with E-state index < -0.39 is 8.32 Å². The van der Waals surface area contributed by atoms with Gasteiger partial charge in [-0.05, 0) is 66.4 Å². The second-order valence-electron chi connectivity index (χ2n) is 9.76. The van der Waals surface area contributed by atoms with Crippen LogP contribution in [0.25, 0.3) is 0 Å². The molecule has 0 saturated heterocycles. The largest absolute Gasteiger partial charge is 0.543 e. The van der Waals surface area contributed by atoms with Gasteiger partial charge in [0.2, 0.25) is 20.0 Å². The molecule has 2 aromatic carbocycles. The number of nitrogens with one attached hydrogen (secondary N) is 1. The number of carbonyl (C=O) groups is 1. The van der Waals surface area contributed by atoms with E-state index in [0.29, 0.717) is 23.7 Å². The third-order valence-corrected chi connectivity index (χ3v) is 10.6. The van der Waals surface area contributed by atoms with Crippen LogP contribution < -0.4 is 24.0 Å². The van der Waals surface area contributed by atoms with Gasteiger partial charge in [-0.15, -0.1) is 0 Å². The Morgan fingerprint density at radius 1 is 1.00 bits per heavy atom. The summed E-state index contributed by atoms with van der Waals surface area (Å²) in [5, 5.41) is 3.20. The van der Waals surface area contributed by atoms with Crippen molar-refractivity contribution >= 4 is 14.2 Å². The molecule has 1 N–H and O–H groups in total. The first-order valence-corrected chi connectivity index (χ1v) is 14.2. The van der Waals surface area contributed by atoms with Crippen LogP contribution in [0.15, 0.2) is 36.4 Å². The van der Waals surface area contributed by atoms with Crippen LogP contribution in [0.3, 0.4) is 0 Å². The maximum atomic E-state index is 12.0. The van der Waals surface area contributed by atoms with Gasteiger partial charge >= 0.3 is 0 Å². The van der Waals surface area contributed by atoms with Crippen molar-refractivity contribution in [1.29, 1.82) is 0 Å². The molecule has 0 unspecified atom stereocenters. The zero-order valence-corrected chi connectivity index (χ0v) is 22.5. The van der Waals surface area contributed by atoms with Gasteiger partial charge in [0.15, 0.2) is 11.5 Å². The van der Waals surface area contributed by atoms with Crippen LogP contribution in [0.5, 0.6) is 23.0 Å². The third kappa shape index (κ3) is 6.90. The summed E-state index contributed by atoms with van der Waals surface area (Å²) in [7, 11) is 2.84. The van der Waals surface area contributed by atoms with Crippen LogP contribution in [-0.4, -0.2) is 35.6 Å². The smallest absolute Gasteiger partial charge is 0.250 e. The highest BCUT2D eigenvalue weighted by molar-refractivity contribution is 6.74. The molecule has 0 spiro atoms. The molecule has 0 aliphatic carbocycles. The number of benzene rings is 2. The van der Waals surface area contributed by atoms with E-state index in [9.17, 15) is 4.79 Å². The summed E-state index contributed by atoms with van der Waals surface area (Å²) in [5.41, 5.74) is 2.06. The Labute approximate surface area is 199 Å². The molecular formula is C26H39NO5Si. The second-order valence-corrected chi connectivity index (χ2v) is 14.5. The van der Waals surface area contributed by atoms with Crippen molar-refractivity contribution in [1.82, 2.24) is 5.32 Å². The fourth-order valence-corrected chi connectivity index (χ4v) is 4.42. The fourth-order valence-electron chi connectivity index (χ4n) is 3.40. The minimum absolute atomic E-state index is 0.0689. The maximum absolute atomic E-state index is 12.0. The molecule has 0 aliphatic rings. The highest BCUT2D eigenvalue weighted by Gasteiger charge is 2.39. The Hall–Kier alpha value is -2.67. The molecule has 33 heavy (non-hydrogen) atoms. The lowest BCUT2D eigenvalue weighted by Crippen LogP contribution is -2.43. The number of aryl methyl sites for hydroxylation is 1. The molecule has 0 aliphatic heterocycles. The second kappa shape index (κ2) is 11.0. The summed E-state index contributed by atoms with van der Waals surface area (Å²) in [5.74, 6) is 2.58. The summed E-state index contributed by atoms with van der Waals surface area (Å²) in [6, 6.07) is 11.8. The summed E-state index contributed by atoms with van der Waals surface area (Å²) >= 11 is 0. The summed E-state index contributed by atoms with van der Waals surface area (Å²) in [6.45, 7) is 12.7. The lowest BCUT2D eigenvalue weighted by atomic mass is 9.98. The standard InChI is InChI=1S/C26H39NO5Si/c1-18(28)27-22(14-13-19-15-23(29-5)25(31-7)24(16-19)30-6)20-11-10-12-21(17-20)32-33(8,9)26(2,3)4/h10-12,15-17,22H,13-14H2,1-9H3,(H,27,28)/t22-/m0/s1. The molecule has 0 radical (unpaired) electrons. The van der Waals surface area contributed by atoms with Crippen molar-refractivity contribution in [3.05, 3.63) is 47.5 Å². The van der Waals surface area contributed by atoms with Crippen LogP contribution in [0.4, 0.5) is 0 Å². The Morgan fingerprint density at radius 2 is 1.61 bits per heavy atom. The predicted octanol–water partition coefficient (Wildman–Crippen LogP) is 5.91. The van der Waals surface area contributed by atoms with E-state index in [-0.39, 0.29) is 17.0 Å². The molecule has 0 bridgehead atoms. The van der Waals surface area contributed by atoms with Crippen LogP contribution in [0.2, 0.25) is 18.1 Å². The van der Waals surface area contributed by atoms with E-state index in [4.69, 9.17) is 18.6 Å². The molecule has 0 heterocycles. The number of rotatable bonds is 10. The van der Waals surface area contributed by atoms with Crippen LogP contribution >= 0.6 is 0 Å². The van der Waals surface area contributed by atoms with E-state index in [0.717, 1.165) is 23.3 Å². The van der Waals surface area contributed by atoms with Crippen molar-refractivity contribution in [2.24, 2.45) is 0 Å². The van der Waals surface area contributed by atoms with E-state index in [1.54, 1.807) is 28.3 Å². The molecule has 6 nitrogen and oxygen atoms in total. The zero-order valence-electron chi connectivity index (χ0n) is 21.5. The SMILES string of the molecule is COc1cc(CC[C@H](NC(C)=O)c2cccc(O[Si](C)(C)C(C)(C)C)c2)cc(OC)c1OC. The average molecular weight is 474 g/mol. The van der Waals surface area contributed by atoms with Crippen molar-refractivity contribution in [3.63, 3.8) is 0 Å². The van der Waals surface area contributed by atoms with Crippen molar-refractivity contribution in [3.8, 4) is 23.0 Å². The van der Waals surface area contributed by atoms with Crippen LogP contribution in [0.1, 0.15) is 51.3 Å². The Balaban J connectivity index is 2.29. The first-order chi connectivity index (χ1) is 15.4. The van der Waals surface area contributed by atoms with Crippen LogP contribution in [0, 0.1) is 0 Å². The number of amides is 1. The molecule has 0 fully saturated rings. The lowest BCUT2D eigenvalue weighted by molar-refractivity contribution is -0.119. The average Bonchev–Trinajstić information content (AvgIpc) is 2.74. The third-order valence-electron chi connectivity index (χ3n) is 6.26. The maximum Gasteiger partial charge on any atom is 0.250 e. The fraction of sp³-hybridized carbons (Fsp3) is 0.500. The molecule has 182 valence electrons. The van der Waals surface area contributed by atoms with Gasteiger partial charge in [-0.2, -0.15) is 0 Å². The highest BCUT2D eigenvalue weighted by atomic mass is 28.4. The van der Waals surface area contributed by atoms with Crippen molar-refractivity contribution in [2.45, 2.75) is 64.7 Å². The number of hydrogen-bond acceptors (Lipinski definition) is 5. The molecule has 7 heteroatoms. The Bertz CT molecular complexity index is 927. The molecule has 1 atom stereocenters. The van der Waals surface area contributed by atoms with E-state index >= 15 is 0 Å². The molecular weight excluding hydrogens is 434 g/mol. The quantitative estimate of drug-likeness (QED) is 0.435. The summed E-state index contributed by atoms with van der Waals surface area (Å²) < 4.78 is 22.9. The minimum Gasteiger partial charge on any atom is -0.543 e. The lowest BCUT2D eigenvalue weighted by Gasteiger charge is -2.36. The number of carbonyl (C=O) groups excluding carboxylic acids is 1. The van der Waals surface area contributed by atoms with E-state index in [1.807, 2.05) is 30.3 Å². The van der Waals surface area contributed by atoms with Gasteiger partial charge in [0.1, 0.15) is 5.75 Å². The van der Waals surface area contributed by atoms with Crippen molar-refractivity contribution < 1.29 is 23.4 Å². The highest BCUT2D eigenvalue weighted by Crippen LogP contribution is 2.40. The topological polar surface area (TPSA) is 66.0 Å². The van der Waals surface area contributed by atoms with Gasteiger partial charge in [-0.1, -0.05) is 32.9 Å². The predicted molar refractivity (Wildman–Crippen MR) is 135 cm³/mol. The molecule has 2 rings (SSSR count). The number of methoxy groups -OCH3 is 3. The van der Waals surface area contributed by atoms with Gasteiger partial charge < -0.3 is 24.0 Å². The Morgan fingerprint density at radius 3 is 2.09 bits per heavy atom. The van der Waals surface area contributed by atoms with E-state index in [2.05, 4.69) is 45.2 Å². The molecule has 0 saturated carbocycles. The van der Waals surface area contributed by atoms with E-state index in [1.165, 1.54) is 0 Å². The summed E-state index contributed by atoms with van der Waals surface area (Å²) in [6.07, 6.45) is 1.43. The van der Waals surface area contributed by atoms with Gasteiger partial charge in [0.05, 0.1) is 27.4 Å². The minimum atomic E-state index is -1.96. The zero-order chi connectivity index (χ0) is 24.8. The summed E-state index contributed by atoms with van der Waals surface area (Å²) in [4.78, 5) is 12.0. The van der Waals surface area contributed by atoms with Crippen molar-refractivity contribution in [2.75, 3.05) is 21.3 Å². The molecule has 1 amide bonds. The normalized spacial score (nSPS) is 12.6. The molecule has 2 aromatic rings. The number of ether oxygens (including phenoxy) is 3. The number of hydrogen-bond donors (Lipinski definition) is 1. The molecule has 0 aromatic heterocycles. The van der Waals surface area contributed by atoms with Gasteiger partial charge in [0, 0.05) is 6.92 Å². The monoisotopic (exact) mass is 473 g/mol. The first kappa shape index (κ1) is 26.6. The van der Waals surface area contributed by atoms with Gasteiger partial charge in [-0.3, -0.25) is 4.79 Å². The van der Waals surface area contributed by atoms with Gasteiger partial charge in [0.25, 0.3) is 0 Å². The first-order valence-electron chi connectivity index (χ1n) is 11.3. The van der Waals surface area contributed by atoms with Gasteiger partial charge in [-0.25, -0.2) is 0 Å².